The molecule has 0 aliphatic heterocycles. The molecular formula is C18H17F3N2OS. The summed E-state index contributed by atoms with van der Waals surface area (Å²) >= 11 is 1.48. The molecule has 1 aromatic heterocycles. The molecule has 25 heavy (non-hydrogen) atoms. The first-order valence-electron chi connectivity index (χ1n) is 7.90. The Morgan fingerprint density at radius 1 is 1.36 bits per heavy atom. The zero-order valence-corrected chi connectivity index (χ0v) is 14.4. The topological polar surface area (TPSA) is 33.2 Å². The lowest BCUT2D eigenvalue weighted by Gasteiger charge is -2.23. The molecule has 1 aliphatic carbocycles. The highest BCUT2D eigenvalue weighted by Gasteiger charge is 2.36. The van der Waals surface area contributed by atoms with Crippen LogP contribution in [-0.2, 0) is 17.5 Å². The van der Waals surface area contributed by atoms with Crippen molar-refractivity contribution >= 4 is 23.3 Å². The SMILES string of the molecule is Cc1nc(/C=C/C(=O)N(Cc2ccccc2C(F)(F)F)C2CC2)cs1. The van der Waals surface area contributed by atoms with Crippen molar-refractivity contribution in [2.45, 2.75) is 38.5 Å². The number of halogens is 3. The molecule has 0 spiro atoms. The minimum absolute atomic E-state index is 0.00982. The fraction of sp³-hybridized carbons (Fsp3) is 0.333. The normalized spacial score (nSPS) is 14.9. The van der Waals surface area contributed by atoms with Crippen LogP contribution in [0.15, 0.2) is 35.7 Å². The fourth-order valence-corrected chi connectivity index (χ4v) is 3.18. The third-order valence-corrected chi connectivity index (χ3v) is 4.76. The molecule has 2 aromatic rings. The summed E-state index contributed by atoms with van der Waals surface area (Å²) in [7, 11) is 0. The van der Waals surface area contributed by atoms with Gasteiger partial charge in [-0.1, -0.05) is 18.2 Å². The molecule has 0 unspecified atom stereocenters. The maximum atomic E-state index is 13.2. The first-order valence-corrected chi connectivity index (χ1v) is 8.78. The first kappa shape index (κ1) is 17.7. The number of aryl methyl sites for hydroxylation is 1. The van der Waals surface area contributed by atoms with Crippen molar-refractivity contribution in [1.29, 1.82) is 0 Å². The molecule has 3 rings (SSSR count). The van der Waals surface area contributed by atoms with Gasteiger partial charge in [0.1, 0.15) is 0 Å². The Hall–Kier alpha value is -2.15. The lowest BCUT2D eigenvalue weighted by Crippen LogP contribution is -2.32. The standard InChI is InChI=1S/C18H17F3N2OS/c1-12-22-14(11-25-12)6-9-17(24)23(15-7-8-15)10-13-4-2-3-5-16(13)18(19,20)21/h2-6,9,11,15H,7-8,10H2,1H3/b9-6+. The van der Waals surface area contributed by atoms with Crippen LogP contribution < -0.4 is 0 Å². The minimum atomic E-state index is -4.43. The van der Waals surface area contributed by atoms with Gasteiger partial charge in [0, 0.05) is 24.0 Å². The predicted octanol–water partition coefficient (Wildman–Crippen LogP) is 4.67. The van der Waals surface area contributed by atoms with E-state index in [0.717, 1.165) is 23.9 Å². The summed E-state index contributed by atoms with van der Waals surface area (Å²) in [6, 6.07) is 5.42. The van der Waals surface area contributed by atoms with Crippen LogP contribution in [0.1, 0.15) is 34.7 Å². The number of benzene rings is 1. The predicted molar refractivity (Wildman–Crippen MR) is 90.9 cm³/mol. The summed E-state index contributed by atoms with van der Waals surface area (Å²) < 4.78 is 39.5. The molecule has 1 heterocycles. The number of alkyl halides is 3. The second-order valence-electron chi connectivity index (χ2n) is 5.98. The van der Waals surface area contributed by atoms with Gasteiger partial charge in [-0.2, -0.15) is 13.2 Å². The summed E-state index contributed by atoms with van der Waals surface area (Å²) in [6.07, 6.45) is 0.218. The fourth-order valence-electron chi connectivity index (χ4n) is 2.60. The molecule has 1 saturated carbocycles. The van der Waals surface area contributed by atoms with Gasteiger partial charge in [0.25, 0.3) is 0 Å². The van der Waals surface area contributed by atoms with Gasteiger partial charge >= 0.3 is 6.18 Å². The van der Waals surface area contributed by atoms with Crippen molar-refractivity contribution in [2.75, 3.05) is 0 Å². The van der Waals surface area contributed by atoms with Crippen molar-refractivity contribution in [1.82, 2.24) is 9.88 Å². The lowest BCUT2D eigenvalue weighted by atomic mass is 10.1. The van der Waals surface area contributed by atoms with E-state index in [1.165, 1.54) is 34.4 Å². The monoisotopic (exact) mass is 366 g/mol. The molecule has 3 nitrogen and oxygen atoms in total. The number of carbonyl (C=O) groups excluding carboxylic acids is 1. The Labute approximate surface area is 147 Å². The van der Waals surface area contributed by atoms with Crippen LogP contribution in [0.5, 0.6) is 0 Å². The maximum absolute atomic E-state index is 13.2. The Bertz CT molecular complexity index is 794. The van der Waals surface area contributed by atoms with Crippen molar-refractivity contribution in [3.63, 3.8) is 0 Å². The van der Waals surface area contributed by atoms with E-state index in [4.69, 9.17) is 0 Å². The van der Waals surface area contributed by atoms with Gasteiger partial charge in [0.15, 0.2) is 0 Å². The molecule has 1 fully saturated rings. The molecule has 1 aromatic carbocycles. The zero-order chi connectivity index (χ0) is 18.0. The lowest BCUT2D eigenvalue weighted by molar-refractivity contribution is -0.139. The largest absolute Gasteiger partial charge is 0.416 e. The van der Waals surface area contributed by atoms with Crippen LogP contribution in [0.4, 0.5) is 13.2 Å². The van der Waals surface area contributed by atoms with Crippen LogP contribution in [-0.4, -0.2) is 21.8 Å². The smallest absolute Gasteiger partial charge is 0.332 e. The molecule has 0 saturated heterocycles. The molecular weight excluding hydrogens is 349 g/mol. The highest BCUT2D eigenvalue weighted by Crippen LogP contribution is 2.34. The third-order valence-electron chi connectivity index (χ3n) is 3.97. The van der Waals surface area contributed by atoms with Gasteiger partial charge in [-0.3, -0.25) is 4.79 Å². The van der Waals surface area contributed by atoms with Crippen LogP contribution in [0, 0.1) is 6.92 Å². The van der Waals surface area contributed by atoms with E-state index in [9.17, 15) is 18.0 Å². The van der Waals surface area contributed by atoms with Crippen molar-refractivity contribution in [3.8, 4) is 0 Å². The number of rotatable bonds is 5. The second-order valence-corrected chi connectivity index (χ2v) is 7.04. The Balaban J connectivity index is 1.79. The summed E-state index contributed by atoms with van der Waals surface area (Å²) in [4.78, 5) is 18.3. The van der Waals surface area contributed by atoms with E-state index in [1.807, 2.05) is 12.3 Å². The number of amides is 1. The average molecular weight is 366 g/mol. The summed E-state index contributed by atoms with van der Waals surface area (Å²) in [5.41, 5.74) is 0.114. The molecule has 0 bridgehead atoms. The number of nitrogens with zero attached hydrogens (tertiary/aromatic N) is 2. The molecule has 0 atom stereocenters. The quantitative estimate of drug-likeness (QED) is 0.720. The van der Waals surface area contributed by atoms with Gasteiger partial charge < -0.3 is 4.90 Å². The van der Waals surface area contributed by atoms with Crippen LogP contribution in [0.25, 0.3) is 6.08 Å². The number of carbonyl (C=O) groups is 1. The highest BCUT2D eigenvalue weighted by molar-refractivity contribution is 7.09. The van der Waals surface area contributed by atoms with Crippen LogP contribution in [0.2, 0.25) is 0 Å². The zero-order valence-electron chi connectivity index (χ0n) is 13.6. The minimum Gasteiger partial charge on any atom is -0.332 e. The van der Waals surface area contributed by atoms with E-state index < -0.39 is 11.7 Å². The van der Waals surface area contributed by atoms with E-state index in [0.29, 0.717) is 5.69 Å². The Kier molecular flexibility index (Phi) is 4.94. The van der Waals surface area contributed by atoms with Crippen molar-refractivity contribution in [2.24, 2.45) is 0 Å². The van der Waals surface area contributed by atoms with Gasteiger partial charge in [-0.05, 0) is 37.5 Å². The summed E-state index contributed by atoms with van der Waals surface area (Å²) in [5, 5.41) is 2.73. The van der Waals surface area contributed by atoms with Crippen molar-refractivity contribution in [3.05, 3.63) is 57.6 Å². The number of hydrogen-bond acceptors (Lipinski definition) is 3. The maximum Gasteiger partial charge on any atom is 0.416 e. The third kappa shape index (κ3) is 4.48. The van der Waals surface area contributed by atoms with E-state index >= 15 is 0 Å². The summed E-state index contributed by atoms with van der Waals surface area (Å²) in [5.74, 6) is -0.287. The number of hydrogen-bond donors (Lipinski definition) is 0. The Morgan fingerprint density at radius 3 is 2.68 bits per heavy atom. The average Bonchev–Trinajstić information content (AvgIpc) is 3.31. The van der Waals surface area contributed by atoms with Gasteiger partial charge in [0.2, 0.25) is 5.91 Å². The molecule has 0 radical (unpaired) electrons. The molecule has 1 amide bonds. The van der Waals surface area contributed by atoms with Crippen molar-refractivity contribution < 1.29 is 18.0 Å². The highest BCUT2D eigenvalue weighted by atomic mass is 32.1. The molecule has 0 N–H and O–H groups in total. The molecule has 7 heteroatoms. The van der Waals surface area contributed by atoms with E-state index in [1.54, 1.807) is 12.1 Å². The van der Waals surface area contributed by atoms with Gasteiger partial charge in [-0.15, -0.1) is 11.3 Å². The number of thiazole rings is 1. The molecule has 132 valence electrons. The van der Waals surface area contributed by atoms with Gasteiger partial charge in [0.05, 0.1) is 16.3 Å². The Morgan fingerprint density at radius 2 is 2.08 bits per heavy atom. The van der Waals surface area contributed by atoms with E-state index in [2.05, 4.69) is 4.98 Å². The van der Waals surface area contributed by atoms with Gasteiger partial charge in [-0.25, -0.2) is 4.98 Å². The van der Waals surface area contributed by atoms with Crippen LogP contribution >= 0.6 is 11.3 Å². The summed E-state index contributed by atoms with van der Waals surface area (Å²) in [6.45, 7) is 1.83. The first-order chi connectivity index (χ1) is 11.8. The molecule has 1 aliphatic rings. The second kappa shape index (κ2) is 7.00. The number of aromatic nitrogens is 1. The van der Waals surface area contributed by atoms with Crippen LogP contribution in [0.3, 0.4) is 0 Å². The van der Waals surface area contributed by atoms with E-state index in [-0.39, 0.29) is 24.1 Å².